The number of benzene rings is 1. The number of carbonyl (C=O) groups excluding carboxylic acids is 1. The van der Waals surface area contributed by atoms with Crippen molar-refractivity contribution in [1.82, 2.24) is 5.32 Å². The van der Waals surface area contributed by atoms with E-state index in [0.29, 0.717) is 0 Å². The van der Waals surface area contributed by atoms with Crippen molar-refractivity contribution >= 4 is 6.09 Å². The van der Waals surface area contributed by atoms with Crippen LogP contribution in [-0.4, -0.2) is 13.2 Å². The van der Waals surface area contributed by atoms with Crippen molar-refractivity contribution in [2.45, 2.75) is 18.9 Å². The molecule has 0 heterocycles. The average Bonchev–Trinajstić information content (AvgIpc) is 2.62. The van der Waals surface area contributed by atoms with Crippen molar-refractivity contribution in [3.8, 4) is 0 Å². The number of fused-ring (bicyclic) bond motifs is 1. The number of nitrogens with one attached hydrogen (secondary N) is 1. The lowest BCUT2D eigenvalue weighted by Crippen LogP contribution is -2.26. The van der Waals surface area contributed by atoms with Gasteiger partial charge in [-0.05, 0) is 24.0 Å². The number of alkyl carbamates (subject to hydrolysis) is 1. The molecule has 1 amide bonds. The standard InChI is InChI=1S/C11H13NO2/c1-14-11(13)12-10-7-6-8-4-2-3-5-9(8)10/h2-5,10H,6-7H2,1H3,(H,12,13)/t10-/m1/s1. The van der Waals surface area contributed by atoms with Crippen molar-refractivity contribution in [2.24, 2.45) is 0 Å². The van der Waals surface area contributed by atoms with Gasteiger partial charge in [0.15, 0.2) is 0 Å². The third-order valence-corrected chi connectivity index (χ3v) is 2.61. The van der Waals surface area contributed by atoms with Crippen LogP contribution in [0.3, 0.4) is 0 Å². The molecule has 0 aromatic heterocycles. The van der Waals surface area contributed by atoms with Crippen LogP contribution in [0, 0.1) is 0 Å². The summed E-state index contributed by atoms with van der Waals surface area (Å²) in [6, 6.07) is 8.31. The molecule has 2 rings (SSSR count). The van der Waals surface area contributed by atoms with Crippen molar-refractivity contribution in [3.05, 3.63) is 35.4 Å². The molecule has 0 radical (unpaired) electrons. The predicted molar refractivity (Wildman–Crippen MR) is 53.0 cm³/mol. The van der Waals surface area contributed by atoms with Crippen molar-refractivity contribution in [1.29, 1.82) is 0 Å². The first-order valence-electron chi connectivity index (χ1n) is 4.73. The smallest absolute Gasteiger partial charge is 0.407 e. The first-order chi connectivity index (χ1) is 6.81. The molecule has 1 aromatic rings. The molecule has 74 valence electrons. The van der Waals surface area contributed by atoms with E-state index in [0.717, 1.165) is 12.8 Å². The number of hydrogen-bond acceptors (Lipinski definition) is 2. The van der Waals surface area contributed by atoms with E-state index in [-0.39, 0.29) is 12.1 Å². The number of ether oxygens (including phenoxy) is 1. The minimum Gasteiger partial charge on any atom is -0.453 e. The molecule has 3 heteroatoms. The van der Waals surface area contributed by atoms with Crippen LogP contribution >= 0.6 is 0 Å². The Labute approximate surface area is 83.1 Å². The Morgan fingerprint density at radius 3 is 3.07 bits per heavy atom. The Kier molecular flexibility index (Phi) is 2.39. The highest BCUT2D eigenvalue weighted by atomic mass is 16.5. The maximum absolute atomic E-state index is 11.0. The Bertz CT molecular complexity index is 349. The zero-order chi connectivity index (χ0) is 9.97. The third kappa shape index (κ3) is 1.58. The normalized spacial score (nSPS) is 18.8. The molecule has 1 aromatic carbocycles. The largest absolute Gasteiger partial charge is 0.453 e. The number of rotatable bonds is 1. The lowest BCUT2D eigenvalue weighted by Gasteiger charge is -2.12. The molecule has 0 saturated carbocycles. The Balaban J connectivity index is 2.14. The van der Waals surface area contributed by atoms with Crippen LogP contribution in [0.2, 0.25) is 0 Å². The van der Waals surface area contributed by atoms with Gasteiger partial charge in [-0.15, -0.1) is 0 Å². The van der Waals surface area contributed by atoms with Gasteiger partial charge in [-0.3, -0.25) is 0 Å². The number of aryl methyl sites for hydroxylation is 1. The molecule has 1 atom stereocenters. The molecule has 0 saturated heterocycles. The number of hydrogen-bond donors (Lipinski definition) is 1. The number of methoxy groups -OCH3 is 1. The van der Waals surface area contributed by atoms with Gasteiger partial charge in [0.05, 0.1) is 13.2 Å². The second-order valence-electron chi connectivity index (χ2n) is 3.43. The van der Waals surface area contributed by atoms with Crippen LogP contribution in [0.15, 0.2) is 24.3 Å². The molecule has 0 unspecified atom stereocenters. The fourth-order valence-corrected chi connectivity index (χ4v) is 1.91. The molecule has 14 heavy (non-hydrogen) atoms. The maximum atomic E-state index is 11.0. The van der Waals surface area contributed by atoms with E-state index in [4.69, 9.17) is 0 Å². The summed E-state index contributed by atoms with van der Waals surface area (Å²) < 4.78 is 4.58. The molecule has 1 aliphatic carbocycles. The van der Waals surface area contributed by atoms with Crippen LogP contribution in [-0.2, 0) is 11.2 Å². The highest BCUT2D eigenvalue weighted by molar-refractivity contribution is 5.68. The lowest BCUT2D eigenvalue weighted by atomic mass is 10.1. The van der Waals surface area contributed by atoms with Gasteiger partial charge in [-0.2, -0.15) is 0 Å². The summed E-state index contributed by atoms with van der Waals surface area (Å²) >= 11 is 0. The first-order valence-corrected chi connectivity index (χ1v) is 4.73. The quantitative estimate of drug-likeness (QED) is 0.737. The Morgan fingerprint density at radius 1 is 1.50 bits per heavy atom. The van der Waals surface area contributed by atoms with Gasteiger partial charge in [-0.1, -0.05) is 24.3 Å². The maximum Gasteiger partial charge on any atom is 0.407 e. The molecule has 1 N–H and O–H groups in total. The number of carbonyl (C=O) groups is 1. The molecule has 1 aliphatic rings. The highest BCUT2D eigenvalue weighted by Gasteiger charge is 2.23. The van der Waals surface area contributed by atoms with E-state index in [1.54, 1.807) is 0 Å². The van der Waals surface area contributed by atoms with E-state index < -0.39 is 0 Å². The summed E-state index contributed by atoms with van der Waals surface area (Å²) in [7, 11) is 1.39. The van der Waals surface area contributed by atoms with Crippen LogP contribution in [0.25, 0.3) is 0 Å². The van der Waals surface area contributed by atoms with Crippen LogP contribution in [0.1, 0.15) is 23.6 Å². The summed E-state index contributed by atoms with van der Waals surface area (Å²) in [5, 5.41) is 2.82. The van der Waals surface area contributed by atoms with Gasteiger partial charge < -0.3 is 10.1 Å². The topological polar surface area (TPSA) is 38.3 Å². The van der Waals surface area contributed by atoms with Crippen molar-refractivity contribution in [3.63, 3.8) is 0 Å². The molecule has 0 aliphatic heterocycles. The molecule has 0 bridgehead atoms. The van der Waals surface area contributed by atoms with E-state index in [2.05, 4.69) is 22.2 Å². The van der Waals surface area contributed by atoms with Crippen LogP contribution in [0.4, 0.5) is 4.79 Å². The summed E-state index contributed by atoms with van der Waals surface area (Å²) in [5.41, 5.74) is 2.55. The first kappa shape index (κ1) is 9.06. The van der Waals surface area contributed by atoms with E-state index >= 15 is 0 Å². The monoisotopic (exact) mass is 191 g/mol. The summed E-state index contributed by atoms with van der Waals surface area (Å²) in [6.45, 7) is 0. The van der Waals surface area contributed by atoms with Crippen LogP contribution < -0.4 is 5.32 Å². The molecule has 0 fully saturated rings. The van der Waals surface area contributed by atoms with Crippen molar-refractivity contribution < 1.29 is 9.53 Å². The third-order valence-electron chi connectivity index (χ3n) is 2.61. The summed E-state index contributed by atoms with van der Waals surface area (Å²) in [6.07, 6.45) is 1.64. The van der Waals surface area contributed by atoms with Gasteiger partial charge in [0, 0.05) is 0 Å². The van der Waals surface area contributed by atoms with Crippen molar-refractivity contribution in [2.75, 3.05) is 7.11 Å². The van der Waals surface area contributed by atoms with Gasteiger partial charge in [0.25, 0.3) is 0 Å². The predicted octanol–water partition coefficient (Wildman–Crippen LogP) is 2.03. The minimum absolute atomic E-state index is 0.124. The fraction of sp³-hybridized carbons (Fsp3) is 0.364. The van der Waals surface area contributed by atoms with E-state index in [1.807, 2.05) is 12.1 Å². The highest BCUT2D eigenvalue weighted by Crippen LogP contribution is 2.30. The Morgan fingerprint density at radius 2 is 2.29 bits per heavy atom. The summed E-state index contributed by atoms with van der Waals surface area (Å²) in [5.74, 6) is 0. The molecular formula is C11H13NO2. The average molecular weight is 191 g/mol. The van der Waals surface area contributed by atoms with Gasteiger partial charge in [-0.25, -0.2) is 4.79 Å². The molecular weight excluding hydrogens is 178 g/mol. The molecule has 0 spiro atoms. The zero-order valence-electron chi connectivity index (χ0n) is 8.12. The van der Waals surface area contributed by atoms with E-state index in [1.165, 1.54) is 18.2 Å². The number of amides is 1. The SMILES string of the molecule is COC(=O)N[C@@H]1CCc2ccccc21. The minimum atomic E-state index is -0.355. The van der Waals surface area contributed by atoms with Gasteiger partial charge >= 0.3 is 6.09 Å². The fourth-order valence-electron chi connectivity index (χ4n) is 1.91. The second kappa shape index (κ2) is 3.70. The second-order valence-corrected chi connectivity index (χ2v) is 3.43. The van der Waals surface area contributed by atoms with E-state index in [9.17, 15) is 4.79 Å². The molecule has 3 nitrogen and oxygen atoms in total. The summed E-state index contributed by atoms with van der Waals surface area (Å²) in [4.78, 5) is 11.0. The lowest BCUT2D eigenvalue weighted by molar-refractivity contribution is 0.166. The van der Waals surface area contributed by atoms with Gasteiger partial charge in [0.2, 0.25) is 0 Å². The van der Waals surface area contributed by atoms with Gasteiger partial charge in [0.1, 0.15) is 0 Å². The van der Waals surface area contributed by atoms with Crippen LogP contribution in [0.5, 0.6) is 0 Å². The zero-order valence-corrected chi connectivity index (χ0v) is 8.12. The Hall–Kier alpha value is -1.51.